The van der Waals surface area contributed by atoms with E-state index in [1.807, 2.05) is 0 Å². The van der Waals surface area contributed by atoms with Crippen molar-refractivity contribution in [2.24, 2.45) is 0 Å². The van der Waals surface area contributed by atoms with Crippen molar-refractivity contribution in [3.8, 4) is 0 Å². The van der Waals surface area contributed by atoms with Gasteiger partial charge in [-0.05, 0) is 27.7 Å². The molecule has 0 radical (unpaired) electrons. The van der Waals surface area contributed by atoms with Crippen LogP contribution in [0.15, 0.2) is 0 Å². The molecule has 0 aromatic rings. The summed E-state index contributed by atoms with van der Waals surface area (Å²) in [5.41, 5.74) is -1.58. The van der Waals surface area contributed by atoms with Crippen LogP contribution >= 0.6 is 0 Å². The molecule has 0 bridgehead atoms. The fraction of sp³-hybridized carbons (Fsp3) is 1.00. The minimum Gasteiger partial charge on any atom is -0.393 e. The monoisotopic (exact) mass is 290 g/mol. The van der Waals surface area contributed by atoms with E-state index in [1.165, 1.54) is 0 Å². The molecule has 2 N–H and O–H groups in total. The maximum Gasteiger partial charge on any atom is 0.190 e. The van der Waals surface area contributed by atoms with Gasteiger partial charge in [-0.3, -0.25) is 0 Å². The first-order chi connectivity index (χ1) is 9.17. The molecule has 5 atom stereocenters. The summed E-state index contributed by atoms with van der Waals surface area (Å²) in [7, 11) is 0. The van der Waals surface area contributed by atoms with E-state index in [0.29, 0.717) is 0 Å². The van der Waals surface area contributed by atoms with Crippen LogP contribution in [0.2, 0.25) is 0 Å². The Morgan fingerprint density at radius 3 is 2.25 bits per heavy atom. The first-order valence-corrected chi connectivity index (χ1v) is 6.83. The van der Waals surface area contributed by atoms with Crippen LogP contribution in [0.3, 0.4) is 0 Å². The van der Waals surface area contributed by atoms with Crippen LogP contribution in [-0.2, 0) is 23.7 Å². The van der Waals surface area contributed by atoms with E-state index in [-0.39, 0.29) is 6.61 Å². The highest BCUT2D eigenvalue weighted by molar-refractivity contribution is 5.08. The van der Waals surface area contributed by atoms with E-state index in [2.05, 4.69) is 0 Å². The van der Waals surface area contributed by atoms with Crippen LogP contribution in [-0.4, -0.2) is 65.2 Å². The van der Waals surface area contributed by atoms with Crippen molar-refractivity contribution in [2.75, 3.05) is 13.2 Å². The third kappa shape index (κ3) is 2.18. The first-order valence-electron chi connectivity index (χ1n) is 6.83. The Morgan fingerprint density at radius 1 is 1.00 bits per heavy atom. The number of aliphatic hydroxyl groups is 2. The van der Waals surface area contributed by atoms with Crippen molar-refractivity contribution in [3.05, 3.63) is 0 Å². The Balaban J connectivity index is 1.81. The molecule has 3 heterocycles. The van der Waals surface area contributed by atoms with Gasteiger partial charge in [-0.15, -0.1) is 0 Å². The highest BCUT2D eigenvalue weighted by Crippen LogP contribution is 2.45. The Morgan fingerprint density at radius 2 is 1.70 bits per heavy atom. The number of aliphatic hydroxyl groups excluding tert-OH is 1. The Labute approximate surface area is 117 Å². The number of hydrogen-bond acceptors (Lipinski definition) is 7. The van der Waals surface area contributed by atoms with Gasteiger partial charge in [0.2, 0.25) is 0 Å². The molecule has 0 aromatic heterocycles. The summed E-state index contributed by atoms with van der Waals surface area (Å²) in [6, 6.07) is 0. The standard InChI is InChI=1S/C13H22O7/c1-11(2)16-5-7(18-11)8-13(15,6-14)9-10(17-8)20-12(3,4)19-9/h7-10,14-15H,5-6H2,1-4H3/t7-,8-,9+,10-,13+/m1/s1. The van der Waals surface area contributed by atoms with Crippen LogP contribution in [0.25, 0.3) is 0 Å². The number of rotatable bonds is 2. The summed E-state index contributed by atoms with van der Waals surface area (Å²) in [5, 5.41) is 20.4. The molecule has 0 aromatic carbocycles. The third-order valence-electron chi connectivity index (χ3n) is 3.95. The van der Waals surface area contributed by atoms with Gasteiger partial charge in [0.25, 0.3) is 0 Å². The van der Waals surface area contributed by atoms with Crippen LogP contribution < -0.4 is 0 Å². The zero-order valence-corrected chi connectivity index (χ0v) is 12.2. The molecule has 3 aliphatic heterocycles. The lowest BCUT2D eigenvalue weighted by Gasteiger charge is -2.34. The van der Waals surface area contributed by atoms with Gasteiger partial charge in [0.1, 0.15) is 23.9 Å². The quantitative estimate of drug-likeness (QED) is 0.724. The van der Waals surface area contributed by atoms with Gasteiger partial charge in [-0.1, -0.05) is 0 Å². The van der Waals surface area contributed by atoms with Gasteiger partial charge in [0, 0.05) is 0 Å². The zero-order valence-electron chi connectivity index (χ0n) is 12.2. The van der Waals surface area contributed by atoms with Crippen molar-refractivity contribution in [3.63, 3.8) is 0 Å². The summed E-state index contributed by atoms with van der Waals surface area (Å²) < 4.78 is 28.2. The Bertz CT molecular complexity index is 396. The molecule has 20 heavy (non-hydrogen) atoms. The van der Waals surface area contributed by atoms with Gasteiger partial charge in [0.15, 0.2) is 17.9 Å². The first kappa shape index (κ1) is 14.6. The highest BCUT2D eigenvalue weighted by atomic mass is 16.8. The van der Waals surface area contributed by atoms with Gasteiger partial charge < -0.3 is 33.9 Å². The van der Waals surface area contributed by atoms with E-state index < -0.39 is 48.4 Å². The largest absolute Gasteiger partial charge is 0.393 e. The molecule has 0 spiro atoms. The second-order valence-electron chi connectivity index (χ2n) is 6.50. The normalized spacial score (nSPS) is 49.5. The van der Waals surface area contributed by atoms with Gasteiger partial charge in [0.05, 0.1) is 13.2 Å². The lowest BCUT2D eigenvalue weighted by atomic mass is 9.90. The van der Waals surface area contributed by atoms with Gasteiger partial charge in [-0.2, -0.15) is 0 Å². The Hall–Kier alpha value is -0.280. The summed E-state index contributed by atoms with van der Waals surface area (Å²) in [5.74, 6) is -1.58. The van der Waals surface area contributed by atoms with E-state index >= 15 is 0 Å². The summed E-state index contributed by atoms with van der Waals surface area (Å²) in [6.45, 7) is 6.83. The summed E-state index contributed by atoms with van der Waals surface area (Å²) >= 11 is 0. The molecule has 7 heteroatoms. The Kier molecular flexibility index (Phi) is 3.19. The minimum absolute atomic E-state index is 0.281. The van der Waals surface area contributed by atoms with Crippen molar-refractivity contribution < 1.29 is 33.9 Å². The van der Waals surface area contributed by atoms with Crippen LogP contribution in [0.4, 0.5) is 0 Å². The maximum atomic E-state index is 10.8. The van der Waals surface area contributed by atoms with Gasteiger partial charge >= 0.3 is 0 Å². The molecule has 0 saturated carbocycles. The minimum atomic E-state index is -1.58. The predicted molar refractivity (Wildman–Crippen MR) is 65.6 cm³/mol. The van der Waals surface area contributed by atoms with Crippen LogP contribution in [0.5, 0.6) is 0 Å². The lowest BCUT2D eigenvalue weighted by Crippen LogP contribution is -2.56. The maximum absolute atomic E-state index is 10.8. The fourth-order valence-electron chi connectivity index (χ4n) is 3.05. The molecule has 0 aliphatic carbocycles. The molecule has 3 saturated heterocycles. The topological polar surface area (TPSA) is 86.6 Å². The molecule has 116 valence electrons. The lowest BCUT2D eigenvalue weighted by molar-refractivity contribution is -0.252. The van der Waals surface area contributed by atoms with E-state index in [4.69, 9.17) is 23.7 Å². The van der Waals surface area contributed by atoms with Crippen molar-refractivity contribution >= 4 is 0 Å². The third-order valence-corrected chi connectivity index (χ3v) is 3.95. The predicted octanol–water partition coefficient (Wildman–Crippen LogP) is -0.262. The van der Waals surface area contributed by atoms with Crippen LogP contribution in [0.1, 0.15) is 27.7 Å². The second-order valence-corrected chi connectivity index (χ2v) is 6.50. The molecule has 3 fully saturated rings. The average Bonchev–Trinajstić information content (AvgIpc) is 2.91. The molecule has 0 unspecified atom stereocenters. The molecular weight excluding hydrogens is 268 g/mol. The smallest absolute Gasteiger partial charge is 0.190 e. The number of hydrogen-bond donors (Lipinski definition) is 2. The molecular formula is C13H22O7. The average molecular weight is 290 g/mol. The fourth-order valence-corrected chi connectivity index (χ4v) is 3.05. The molecule has 3 rings (SSSR count). The highest BCUT2D eigenvalue weighted by Gasteiger charge is 2.65. The van der Waals surface area contributed by atoms with Crippen molar-refractivity contribution in [1.29, 1.82) is 0 Å². The van der Waals surface area contributed by atoms with Crippen molar-refractivity contribution in [2.45, 2.75) is 69.5 Å². The van der Waals surface area contributed by atoms with Crippen molar-refractivity contribution in [1.82, 2.24) is 0 Å². The SMILES string of the molecule is CC1(C)OC[C@H]([C@H]2O[C@@H]3OC(C)(C)O[C@@H]3[C@]2(O)CO)O1. The van der Waals surface area contributed by atoms with E-state index in [9.17, 15) is 10.2 Å². The zero-order chi connectivity index (χ0) is 14.8. The molecule has 7 nitrogen and oxygen atoms in total. The molecule has 0 amide bonds. The van der Waals surface area contributed by atoms with Crippen LogP contribution in [0, 0.1) is 0 Å². The number of fused-ring (bicyclic) bond motifs is 1. The van der Waals surface area contributed by atoms with E-state index in [0.717, 1.165) is 0 Å². The summed E-state index contributed by atoms with van der Waals surface area (Å²) in [6.07, 6.45) is -2.72. The summed E-state index contributed by atoms with van der Waals surface area (Å²) in [4.78, 5) is 0. The van der Waals surface area contributed by atoms with E-state index in [1.54, 1.807) is 27.7 Å². The second kappa shape index (κ2) is 4.36. The van der Waals surface area contributed by atoms with Gasteiger partial charge in [-0.25, -0.2) is 0 Å². The molecule has 3 aliphatic rings. The number of ether oxygens (including phenoxy) is 5.